The highest BCUT2D eigenvalue weighted by molar-refractivity contribution is 5.96. The standard InChI is InChI=1S/C27H34FN7O5/c1-16(2)13-17-18(28)14-29-24-23(17)32-21(33-24)15-35-12-8-10-20(26(35)38)30-25(37)19(31-27(39)40-5)9-6-7-11-22(36)34(3)4/h7-8,10-12,14,16,19H,6,9,13,15H2,1-5H3,(H,30,37)(H,31,39)(H,29,32,33). The van der Waals surface area contributed by atoms with E-state index in [1.807, 2.05) is 13.8 Å². The Labute approximate surface area is 230 Å². The number of allylic oxidation sites excluding steroid dienone is 1. The zero-order valence-electron chi connectivity index (χ0n) is 23.2. The van der Waals surface area contributed by atoms with Crippen LogP contribution < -0.4 is 16.2 Å². The third-order valence-corrected chi connectivity index (χ3v) is 5.95. The number of halogens is 1. The second kappa shape index (κ2) is 13.5. The topological polar surface area (TPSA) is 151 Å². The highest BCUT2D eigenvalue weighted by Crippen LogP contribution is 2.21. The molecule has 0 aromatic carbocycles. The van der Waals surface area contributed by atoms with Gasteiger partial charge in [0.2, 0.25) is 11.8 Å². The Hall–Kier alpha value is -4.55. The fraction of sp³-hybridized carbons (Fsp3) is 0.407. The van der Waals surface area contributed by atoms with E-state index < -0.39 is 29.4 Å². The van der Waals surface area contributed by atoms with Crippen LogP contribution in [0.2, 0.25) is 0 Å². The average Bonchev–Trinajstić information content (AvgIpc) is 3.32. The minimum absolute atomic E-state index is 0.0109. The maximum Gasteiger partial charge on any atom is 0.407 e. The Morgan fingerprint density at radius 3 is 2.70 bits per heavy atom. The van der Waals surface area contributed by atoms with Crippen molar-refractivity contribution >= 4 is 34.8 Å². The fourth-order valence-electron chi connectivity index (χ4n) is 3.92. The largest absolute Gasteiger partial charge is 0.453 e. The van der Waals surface area contributed by atoms with E-state index in [9.17, 15) is 23.6 Å². The number of fused-ring (bicyclic) bond motifs is 1. The number of H-pyrrole nitrogens is 1. The Bertz CT molecular complexity index is 1460. The molecule has 3 aromatic rings. The average molecular weight is 556 g/mol. The van der Waals surface area contributed by atoms with E-state index >= 15 is 0 Å². The van der Waals surface area contributed by atoms with E-state index in [-0.39, 0.29) is 30.5 Å². The molecule has 0 aliphatic rings. The van der Waals surface area contributed by atoms with Gasteiger partial charge in [0.25, 0.3) is 5.56 Å². The van der Waals surface area contributed by atoms with Gasteiger partial charge in [-0.25, -0.2) is 19.2 Å². The summed E-state index contributed by atoms with van der Waals surface area (Å²) in [5.41, 5.74) is 0.800. The molecule has 12 nitrogen and oxygen atoms in total. The molecule has 1 unspecified atom stereocenters. The second-order valence-electron chi connectivity index (χ2n) is 9.81. The first-order valence-corrected chi connectivity index (χ1v) is 12.7. The molecule has 3 N–H and O–H groups in total. The van der Waals surface area contributed by atoms with E-state index in [4.69, 9.17) is 0 Å². The number of amides is 3. The Kier molecular flexibility index (Phi) is 10.1. The van der Waals surface area contributed by atoms with Crippen molar-refractivity contribution in [1.29, 1.82) is 0 Å². The highest BCUT2D eigenvalue weighted by atomic mass is 19.1. The minimum Gasteiger partial charge on any atom is -0.453 e. The molecule has 0 aliphatic heterocycles. The molecular formula is C27H34FN7O5. The summed E-state index contributed by atoms with van der Waals surface area (Å²) >= 11 is 0. The molecule has 0 aliphatic carbocycles. The lowest BCUT2D eigenvalue weighted by Crippen LogP contribution is -2.44. The number of carbonyl (C=O) groups excluding carboxylic acids is 3. The van der Waals surface area contributed by atoms with Gasteiger partial charge in [0.15, 0.2) is 5.65 Å². The summed E-state index contributed by atoms with van der Waals surface area (Å²) in [5.74, 6) is -0.660. The van der Waals surface area contributed by atoms with Gasteiger partial charge in [-0.15, -0.1) is 0 Å². The van der Waals surface area contributed by atoms with Crippen molar-refractivity contribution in [2.24, 2.45) is 5.92 Å². The number of alkyl carbamates (subject to hydrolysis) is 1. The highest BCUT2D eigenvalue weighted by Gasteiger charge is 2.22. The van der Waals surface area contributed by atoms with Crippen LogP contribution in [0.1, 0.15) is 38.1 Å². The Morgan fingerprint density at radius 1 is 1.27 bits per heavy atom. The van der Waals surface area contributed by atoms with Crippen LogP contribution >= 0.6 is 0 Å². The SMILES string of the molecule is COC(=O)NC(CCC=CC(=O)N(C)C)C(=O)Nc1cccn(Cc2nc3ncc(F)c(CC(C)C)c3[nH]2)c1=O. The fourth-order valence-corrected chi connectivity index (χ4v) is 3.92. The van der Waals surface area contributed by atoms with Crippen LogP contribution in [0.4, 0.5) is 14.9 Å². The predicted octanol–water partition coefficient (Wildman–Crippen LogP) is 2.59. The van der Waals surface area contributed by atoms with E-state index in [2.05, 4.69) is 30.3 Å². The molecule has 0 bridgehead atoms. The summed E-state index contributed by atoms with van der Waals surface area (Å²) in [6.45, 7) is 3.99. The lowest BCUT2D eigenvalue weighted by molar-refractivity contribution is -0.123. The molecule has 0 saturated carbocycles. The van der Waals surface area contributed by atoms with Gasteiger partial charge in [-0.2, -0.15) is 0 Å². The molecule has 3 heterocycles. The van der Waals surface area contributed by atoms with E-state index in [0.29, 0.717) is 35.4 Å². The Balaban J connectivity index is 1.78. The van der Waals surface area contributed by atoms with Crippen LogP contribution in [0, 0.1) is 11.7 Å². The lowest BCUT2D eigenvalue weighted by Gasteiger charge is -2.17. The maximum atomic E-state index is 14.4. The lowest BCUT2D eigenvalue weighted by atomic mass is 10.0. The van der Waals surface area contributed by atoms with Gasteiger partial charge in [-0.1, -0.05) is 19.9 Å². The number of aromatic amines is 1. The third kappa shape index (κ3) is 7.74. The smallest absolute Gasteiger partial charge is 0.407 e. The van der Waals surface area contributed by atoms with Gasteiger partial charge in [0.1, 0.15) is 23.4 Å². The van der Waals surface area contributed by atoms with Crippen molar-refractivity contribution < 1.29 is 23.5 Å². The molecular weight excluding hydrogens is 521 g/mol. The molecule has 0 spiro atoms. The van der Waals surface area contributed by atoms with Crippen molar-refractivity contribution in [3.8, 4) is 0 Å². The summed E-state index contributed by atoms with van der Waals surface area (Å²) in [7, 11) is 4.40. The Morgan fingerprint density at radius 2 is 2.02 bits per heavy atom. The van der Waals surface area contributed by atoms with Crippen molar-refractivity contribution in [2.45, 2.75) is 45.7 Å². The summed E-state index contributed by atoms with van der Waals surface area (Å²) in [5, 5.41) is 5.01. The van der Waals surface area contributed by atoms with Crippen LogP contribution in [0.5, 0.6) is 0 Å². The minimum atomic E-state index is -1.03. The first-order valence-electron chi connectivity index (χ1n) is 12.7. The van der Waals surface area contributed by atoms with Crippen molar-refractivity contribution in [2.75, 3.05) is 26.5 Å². The molecule has 3 amide bonds. The summed E-state index contributed by atoms with van der Waals surface area (Å²) in [4.78, 5) is 62.6. The summed E-state index contributed by atoms with van der Waals surface area (Å²) in [6.07, 6.45) is 5.78. The van der Waals surface area contributed by atoms with Gasteiger partial charge < -0.3 is 29.8 Å². The number of rotatable bonds is 11. The molecule has 0 saturated heterocycles. The van der Waals surface area contributed by atoms with Gasteiger partial charge in [-0.3, -0.25) is 14.4 Å². The van der Waals surface area contributed by atoms with Crippen LogP contribution in [0.3, 0.4) is 0 Å². The number of anilines is 1. The molecule has 3 aromatic heterocycles. The predicted molar refractivity (Wildman–Crippen MR) is 147 cm³/mol. The van der Waals surface area contributed by atoms with E-state index in [1.54, 1.807) is 26.2 Å². The van der Waals surface area contributed by atoms with Gasteiger partial charge in [0, 0.05) is 25.9 Å². The molecule has 40 heavy (non-hydrogen) atoms. The molecule has 3 rings (SSSR count). The van der Waals surface area contributed by atoms with Crippen molar-refractivity contribution in [1.82, 2.24) is 29.7 Å². The second-order valence-corrected chi connectivity index (χ2v) is 9.81. The molecule has 0 radical (unpaired) electrons. The van der Waals surface area contributed by atoms with Crippen molar-refractivity contribution in [3.63, 3.8) is 0 Å². The van der Waals surface area contributed by atoms with Crippen LogP contribution in [-0.4, -0.2) is 69.6 Å². The monoisotopic (exact) mass is 555 g/mol. The van der Waals surface area contributed by atoms with Crippen molar-refractivity contribution in [3.05, 3.63) is 64.2 Å². The molecule has 0 fully saturated rings. The first-order chi connectivity index (χ1) is 19.0. The summed E-state index contributed by atoms with van der Waals surface area (Å²) in [6, 6.07) is 1.99. The van der Waals surface area contributed by atoms with Crippen LogP contribution in [-0.2, 0) is 27.3 Å². The number of methoxy groups -OCH3 is 1. The number of imidazole rings is 1. The first kappa shape index (κ1) is 30.0. The van der Waals surface area contributed by atoms with Crippen LogP contribution in [0.25, 0.3) is 11.2 Å². The quantitative estimate of drug-likeness (QED) is 0.308. The summed E-state index contributed by atoms with van der Waals surface area (Å²) < 4.78 is 20.4. The van der Waals surface area contributed by atoms with E-state index in [0.717, 1.165) is 6.20 Å². The van der Waals surface area contributed by atoms with Gasteiger partial charge >= 0.3 is 6.09 Å². The third-order valence-electron chi connectivity index (χ3n) is 5.95. The van der Waals surface area contributed by atoms with E-state index in [1.165, 1.54) is 34.9 Å². The number of hydrogen-bond acceptors (Lipinski definition) is 7. The maximum absolute atomic E-state index is 14.4. The number of hydrogen-bond donors (Lipinski definition) is 3. The number of ether oxygens (including phenoxy) is 1. The number of nitrogens with zero attached hydrogens (tertiary/aromatic N) is 4. The van der Waals surface area contributed by atoms with Gasteiger partial charge in [0.05, 0.1) is 25.4 Å². The molecule has 13 heteroatoms. The number of carbonyl (C=O) groups is 3. The van der Waals surface area contributed by atoms with Crippen LogP contribution in [0.15, 0.2) is 41.5 Å². The van der Waals surface area contributed by atoms with Gasteiger partial charge in [-0.05, 0) is 43.4 Å². The molecule has 214 valence electrons. The normalized spacial score (nSPS) is 12.1. The number of aromatic nitrogens is 4. The zero-order valence-corrected chi connectivity index (χ0v) is 23.2. The molecule has 1 atom stereocenters. The number of nitrogens with one attached hydrogen (secondary N) is 3. The number of pyridine rings is 2. The number of likely N-dealkylation sites (N-methyl/N-ethyl adjacent to an activating group) is 1. The zero-order chi connectivity index (χ0) is 29.4.